The summed E-state index contributed by atoms with van der Waals surface area (Å²) < 4.78 is 11.5. The quantitative estimate of drug-likeness (QED) is 0.878. The van der Waals surface area contributed by atoms with Crippen LogP contribution in [0.2, 0.25) is 0 Å². The van der Waals surface area contributed by atoms with Crippen LogP contribution < -0.4 is 20.5 Å². The third-order valence-electron chi connectivity index (χ3n) is 2.89. The lowest BCUT2D eigenvalue weighted by Crippen LogP contribution is -2.62. The summed E-state index contributed by atoms with van der Waals surface area (Å²) in [5.74, 6) is 1.56. The highest BCUT2D eigenvalue weighted by molar-refractivity contribution is 9.10. The monoisotopic (exact) mass is 286 g/mol. The maximum absolute atomic E-state index is 6.26. The van der Waals surface area contributed by atoms with Gasteiger partial charge < -0.3 is 20.5 Å². The van der Waals surface area contributed by atoms with Gasteiger partial charge in [0.15, 0.2) is 0 Å². The van der Waals surface area contributed by atoms with Crippen LogP contribution >= 0.6 is 15.9 Å². The molecule has 1 aromatic carbocycles. The van der Waals surface area contributed by atoms with Crippen molar-refractivity contribution in [1.82, 2.24) is 5.32 Å². The molecule has 0 unspecified atom stereocenters. The number of methoxy groups -OCH3 is 2. The maximum Gasteiger partial charge on any atom is 0.133 e. The van der Waals surface area contributed by atoms with Crippen LogP contribution in [0, 0.1) is 0 Å². The first kappa shape index (κ1) is 11.7. The Morgan fingerprint density at radius 2 is 1.88 bits per heavy atom. The van der Waals surface area contributed by atoms with E-state index >= 15 is 0 Å². The standard InChI is InChI=1S/C11H15BrN2O2/c1-15-9-4-8(12)10(16-2)3-7(9)11(13)5-14-6-11/h3-4,14H,5-6,13H2,1-2H3. The molecule has 1 aromatic rings. The van der Waals surface area contributed by atoms with Gasteiger partial charge in [-0.05, 0) is 28.1 Å². The molecule has 88 valence electrons. The van der Waals surface area contributed by atoms with Crippen molar-refractivity contribution in [3.63, 3.8) is 0 Å². The van der Waals surface area contributed by atoms with E-state index in [1.807, 2.05) is 12.1 Å². The number of halogens is 1. The van der Waals surface area contributed by atoms with E-state index in [1.54, 1.807) is 14.2 Å². The molecular formula is C11H15BrN2O2. The molecule has 1 heterocycles. The summed E-state index contributed by atoms with van der Waals surface area (Å²) >= 11 is 3.43. The smallest absolute Gasteiger partial charge is 0.133 e. The Kier molecular flexibility index (Phi) is 3.10. The molecule has 1 fully saturated rings. The van der Waals surface area contributed by atoms with Crippen LogP contribution in [0.4, 0.5) is 0 Å². The Labute approximate surface area is 103 Å². The molecule has 3 N–H and O–H groups in total. The first-order valence-electron chi connectivity index (χ1n) is 5.02. The van der Waals surface area contributed by atoms with Crippen LogP contribution in [0.25, 0.3) is 0 Å². The Balaban J connectivity index is 2.49. The van der Waals surface area contributed by atoms with E-state index in [4.69, 9.17) is 15.2 Å². The lowest BCUT2D eigenvalue weighted by Gasteiger charge is -2.40. The van der Waals surface area contributed by atoms with Gasteiger partial charge in [-0.1, -0.05) is 0 Å². The van der Waals surface area contributed by atoms with Gasteiger partial charge in [0.25, 0.3) is 0 Å². The lowest BCUT2D eigenvalue weighted by atomic mass is 9.84. The van der Waals surface area contributed by atoms with E-state index < -0.39 is 0 Å². The van der Waals surface area contributed by atoms with E-state index in [1.165, 1.54) is 0 Å². The molecule has 4 nitrogen and oxygen atoms in total. The van der Waals surface area contributed by atoms with Crippen molar-refractivity contribution in [3.05, 3.63) is 22.2 Å². The van der Waals surface area contributed by atoms with E-state index in [-0.39, 0.29) is 5.54 Å². The highest BCUT2D eigenvalue weighted by atomic mass is 79.9. The summed E-state index contributed by atoms with van der Waals surface area (Å²) in [6.07, 6.45) is 0. The van der Waals surface area contributed by atoms with E-state index in [2.05, 4.69) is 21.2 Å². The second kappa shape index (κ2) is 4.24. The molecule has 0 atom stereocenters. The fourth-order valence-corrected chi connectivity index (χ4v) is 2.32. The highest BCUT2D eigenvalue weighted by Gasteiger charge is 2.37. The number of ether oxygens (including phenoxy) is 2. The molecule has 2 rings (SSSR count). The van der Waals surface area contributed by atoms with Crippen molar-refractivity contribution in [2.75, 3.05) is 27.3 Å². The third-order valence-corrected chi connectivity index (χ3v) is 3.51. The molecule has 0 amide bonds. The molecule has 1 saturated heterocycles. The molecular weight excluding hydrogens is 272 g/mol. The Morgan fingerprint density at radius 1 is 1.25 bits per heavy atom. The lowest BCUT2D eigenvalue weighted by molar-refractivity contribution is 0.273. The zero-order valence-electron chi connectivity index (χ0n) is 9.34. The van der Waals surface area contributed by atoms with Crippen LogP contribution in [0.1, 0.15) is 5.56 Å². The zero-order chi connectivity index (χ0) is 11.8. The molecule has 0 aromatic heterocycles. The van der Waals surface area contributed by atoms with E-state index in [9.17, 15) is 0 Å². The van der Waals surface area contributed by atoms with Crippen LogP contribution in [-0.4, -0.2) is 27.3 Å². The predicted molar refractivity (Wildman–Crippen MR) is 66.0 cm³/mol. The first-order chi connectivity index (χ1) is 7.60. The number of hydrogen-bond acceptors (Lipinski definition) is 4. The second-order valence-electron chi connectivity index (χ2n) is 3.95. The fraction of sp³-hybridized carbons (Fsp3) is 0.455. The van der Waals surface area contributed by atoms with Gasteiger partial charge in [-0.3, -0.25) is 0 Å². The Morgan fingerprint density at radius 3 is 2.31 bits per heavy atom. The minimum absolute atomic E-state index is 0.348. The first-order valence-corrected chi connectivity index (χ1v) is 5.81. The number of hydrogen-bond donors (Lipinski definition) is 2. The minimum atomic E-state index is -0.348. The molecule has 5 heteroatoms. The summed E-state index contributed by atoms with van der Waals surface area (Å²) in [4.78, 5) is 0. The summed E-state index contributed by atoms with van der Waals surface area (Å²) in [5, 5.41) is 3.17. The van der Waals surface area contributed by atoms with Gasteiger partial charge in [0, 0.05) is 18.7 Å². The van der Waals surface area contributed by atoms with Crippen LogP contribution in [0.5, 0.6) is 11.5 Å². The van der Waals surface area contributed by atoms with Gasteiger partial charge in [0.2, 0.25) is 0 Å². The van der Waals surface area contributed by atoms with Crippen LogP contribution in [0.15, 0.2) is 16.6 Å². The Bertz CT molecular complexity index is 405. The number of rotatable bonds is 3. The van der Waals surface area contributed by atoms with Crippen molar-refractivity contribution in [2.45, 2.75) is 5.54 Å². The third kappa shape index (κ3) is 1.79. The normalized spacial score (nSPS) is 17.8. The molecule has 0 aliphatic carbocycles. The van der Waals surface area contributed by atoms with Gasteiger partial charge >= 0.3 is 0 Å². The average molecular weight is 287 g/mol. The van der Waals surface area contributed by atoms with Crippen molar-refractivity contribution in [1.29, 1.82) is 0 Å². The van der Waals surface area contributed by atoms with Gasteiger partial charge in [-0.15, -0.1) is 0 Å². The van der Waals surface area contributed by atoms with Gasteiger partial charge in [0.1, 0.15) is 11.5 Å². The highest BCUT2D eigenvalue weighted by Crippen LogP contribution is 2.38. The number of benzene rings is 1. The van der Waals surface area contributed by atoms with Crippen LogP contribution in [-0.2, 0) is 5.54 Å². The largest absolute Gasteiger partial charge is 0.496 e. The second-order valence-corrected chi connectivity index (χ2v) is 4.80. The molecule has 0 saturated carbocycles. The van der Waals surface area contributed by atoms with Crippen LogP contribution in [0.3, 0.4) is 0 Å². The summed E-state index contributed by atoms with van der Waals surface area (Å²) in [6, 6.07) is 3.82. The predicted octanol–water partition coefficient (Wildman–Crippen LogP) is 1.22. The molecule has 0 bridgehead atoms. The SMILES string of the molecule is COc1cc(C2(N)CNC2)c(OC)cc1Br. The topological polar surface area (TPSA) is 56.5 Å². The van der Waals surface area contributed by atoms with Crippen molar-refractivity contribution < 1.29 is 9.47 Å². The summed E-state index contributed by atoms with van der Waals surface area (Å²) in [5.41, 5.74) is 6.89. The van der Waals surface area contributed by atoms with Gasteiger partial charge in [-0.2, -0.15) is 0 Å². The molecule has 1 aliphatic heterocycles. The maximum atomic E-state index is 6.26. The zero-order valence-corrected chi connectivity index (χ0v) is 10.9. The summed E-state index contributed by atoms with van der Waals surface area (Å²) in [7, 11) is 3.28. The van der Waals surface area contributed by atoms with E-state index in [0.29, 0.717) is 0 Å². The molecule has 1 aliphatic rings. The Hall–Kier alpha value is -0.780. The average Bonchev–Trinajstić information content (AvgIpc) is 2.25. The van der Waals surface area contributed by atoms with Gasteiger partial charge in [-0.25, -0.2) is 0 Å². The molecule has 0 spiro atoms. The minimum Gasteiger partial charge on any atom is -0.496 e. The van der Waals surface area contributed by atoms with Crippen molar-refractivity contribution in [2.24, 2.45) is 5.73 Å². The van der Waals surface area contributed by atoms with E-state index in [0.717, 1.165) is 34.6 Å². The fourth-order valence-electron chi connectivity index (χ4n) is 1.83. The summed E-state index contributed by atoms with van der Waals surface area (Å²) in [6.45, 7) is 1.52. The van der Waals surface area contributed by atoms with Crippen molar-refractivity contribution in [3.8, 4) is 11.5 Å². The van der Waals surface area contributed by atoms with Gasteiger partial charge in [0.05, 0.1) is 24.2 Å². The number of nitrogens with two attached hydrogens (primary N) is 1. The molecule has 0 radical (unpaired) electrons. The molecule has 16 heavy (non-hydrogen) atoms. The van der Waals surface area contributed by atoms with Crippen molar-refractivity contribution >= 4 is 15.9 Å². The number of nitrogens with one attached hydrogen (secondary N) is 1.